The van der Waals surface area contributed by atoms with E-state index in [9.17, 15) is 18.8 Å². The maximum absolute atomic E-state index is 14.3. The Morgan fingerprint density at radius 1 is 1.23 bits per heavy atom. The molecule has 0 aliphatic heterocycles. The van der Waals surface area contributed by atoms with E-state index in [2.05, 4.69) is 17.2 Å². The number of alkyl carbamates (subject to hydrolysis) is 1. The number of hydrogen-bond donors (Lipinski definition) is 1. The highest BCUT2D eigenvalue weighted by Crippen LogP contribution is 2.16. The predicted octanol–water partition coefficient (Wildman–Crippen LogP) is 2.89. The molecule has 0 spiro atoms. The molecule has 8 heteroatoms. The Kier molecular flexibility index (Phi) is 9.06. The van der Waals surface area contributed by atoms with Gasteiger partial charge in [0.25, 0.3) is 0 Å². The van der Waals surface area contributed by atoms with Crippen LogP contribution in [0, 0.1) is 17.7 Å². The standard InChI is InChI=1S/C22H27FN2O5/c1-7-29-20(27)17(14-25(5)6)19(26)16-13-15(10-11-18(16)23)9-8-12-24-21(28)30-22(2,3)4/h10-11,13-14H,7,12H2,1-6H3,(H,24,28). The van der Waals surface area contributed by atoms with Gasteiger partial charge in [-0.15, -0.1) is 0 Å². The minimum Gasteiger partial charge on any atom is -0.462 e. The van der Waals surface area contributed by atoms with Crippen LogP contribution in [0.15, 0.2) is 30.0 Å². The topological polar surface area (TPSA) is 84.9 Å². The average molecular weight is 418 g/mol. The molecule has 162 valence electrons. The quantitative estimate of drug-likeness (QED) is 0.191. The number of nitrogens with one attached hydrogen (secondary N) is 1. The van der Waals surface area contributed by atoms with Crippen molar-refractivity contribution in [3.8, 4) is 11.8 Å². The van der Waals surface area contributed by atoms with Crippen LogP contribution in [0.1, 0.15) is 43.6 Å². The maximum Gasteiger partial charge on any atom is 0.408 e. The summed E-state index contributed by atoms with van der Waals surface area (Å²) in [5, 5.41) is 2.48. The monoisotopic (exact) mass is 418 g/mol. The Morgan fingerprint density at radius 2 is 1.90 bits per heavy atom. The molecular formula is C22H27FN2O5. The largest absolute Gasteiger partial charge is 0.462 e. The molecule has 0 saturated heterocycles. The first-order valence-corrected chi connectivity index (χ1v) is 9.30. The molecule has 0 heterocycles. The first kappa shape index (κ1) is 24.7. The van der Waals surface area contributed by atoms with Gasteiger partial charge in [0, 0.05) is 25.9 Å². The summed E-state index contributed by atoms with van der Waals surface area (Å²) in [6, 6.07) is 3.74. The van der Waals surface area contributed by atoms with E-state index in [1.807, 2.05) is 0 Å². The molecule has 0 unspecified atom stereocenters. The lowest BCUT2D eigenvalue weighted by molar-refractivity contribution is -0.138. The van der Waals surface area contributed by atoms with E-state index in [1.165, 1.54) is 23.2 Å². The van der Waals surface area contributed by atoms with Crippen molar-refractivity contribution in [1.82, 2.24) is 10.2 Å². The number of carbonyl (C=O) groups excluding carboxylic acids is 3. The van der Waals surface area contributed by atoms with Crippen LogP contribution in [0.25, 0.3) is 0 Å². The minimum atomic E-state index is -0.839. The van der Waals surface area contributed by atoms with Crippen molar-refractivity contribution in [3.63, 3.8) is 0 Å². The van der Waals surface area contributed by atoms with Crippen molar-refractivity contribution < 1.29 is 28.2 Å². The van der Waals surface area contributed by atoms with Gasteiger partial charge >= 0.3 is 12.1 Å². The van der Waals surface area contributed by atoms with E-state index in [4.69, 9.17) is 9.47 Å². The number of esters is 1. The molecule has 0 aliphatic carbocycles. The highest BCUT2D eigenvalue weighted by atomic mass is 19.1. The van der Waals surface area contributed by atoms with Crippen molar-refractivity contribution in [1.29, 1.82) is 0 Å². The summed E-state index contributed by atoms with van der Waals surface area (Å²) in [5.74, 6) is 3.00. The van der Waals surface area contributed by atoms with Crippen LogP contribution in [0.5, 0.6) is 0 Å². The molecular weight excluding hydrogens is 391 g/mol. The van der Waals surface area contributed by atoms with Gasteiger partial charge in [-0.25, -0.2) is 14.0 Å². The Bertz CT molecular complexity index is 889. The molecule has 7 nitrogen and oxygen atoms in total. The molecule has 0 aliphatic rings. The summed E-state index contributed by atoms with van der Waals surface area (Å²) in [6.45, 7) is 6.91. The Hall–Kier alpha value is -3.34. The third kappa shape index (κ3) is 8.35. The summed E-state index contributed by atoms with van der Waals surface area (Å²) in [7, 11) is 3.25. The summed E-state index contributed by atoms with van der Waals surface area (Å²) in [5.41, 5.74) is -0.875. The van der Waals surface area contributed by atoms with Gasteiger partial charge in [-0.3, -0.25) is 4.79 Å². The zero-order valence-electron chi connectivity index (χ0n) is 18.1. The summed E-state index contributed by atoms with van der Waals surface area (Å²) in [6.07, 6.45) is 0.669. The van der Waals surface area contributed by atoms with Gasteiger partial charge in [-0.05, 0) is 45.9 Å². The molecule has 1 aromatic carbocycles. The lowest BCUT2D eigenvalue weighted by atomic mass is 10.0. The Balaban J connectivity index is 3.02. The van der Waals surface area contributed by atoms with Gasteiger partial charge in [-0.2, -0.15) is 0 Å². The number of halogens is 1. The van der Waals surface area contributed by atoms with E-state index in [0.717, 1.165) is 6.07 Å². The summed E-state index contributed by atoms with van der Waals surface area (Å²) >= 11 is 0. The predicted molar refractivity (Wildman–Crippen MR) is 110 cm³/mol. The van der Waals surface area contributed by atoms with Gasteiger partial charge in [0.15, 0.2) is 0 Å². The number of amides is 1. The molecule has 0 atom stereocenters. The molecule has 30 heavy (non-hydrogen) atoms. The number of rotatable bonds is 6. The number of Topliss-reactive ketones (excluding diaryl/α,β-unsaturated/α-hetero) is 1. The number of ketones is 1. The van der Waals surface area contributed by atoms with E-state index in [1.54, 1.807) is 41.8 Å². The first-order chi connectivity index (χ1) is 13.9. The Morgan fingerprint density at radius 3 is 2.47 bits per heavy atom. The molecule has 1 N–H and O–H groups in total. The fraction of sp³-hybridized carbons (Fsp3) is 0.409. The van der Waals surface area contributed by atoms with E-state index in [0.29, 0.717) is 5.56 Å². The molecule has 0 aromatic heterocycles. The van der Waals surface area contributed by atoms with Gasteiger partial charge < -0.3 is 19.7 Å². The van der Waals surface area contributed by atoms with Gasteiger partial charge in [-0.1, -0.05) is 11.8 Å². The van der Waals surface area contributed by atoms with Crippen molar-refractivity contribution in [2.45, 2.75) is 33.3 Å². The normalized spacial score (nSPS) is 11.1. The summed E-state index contributed by atoms with van der Waals surface area (Å²) < 4.78 is 24.3. The maximum atomic E-state index is 14.3. The molecule has 1 rings (SSSR count). The molecule has 0 saturated carbocycles. The van der Waals surface area contributed by atoms with E-state index < -0.39 is 29.3 Å². The second-order valence-electron chi connectivity index (χ2n) is 7.41. The number of hydrogen-bond acceptors (Lipinski definition) is 6. The second-order valence-corrected chi connectivity index (χ2v) is 7.41. The average Bonchev–Trinajstić information content (AvgIpc) is 2.62. The van der Waals surface area contributed by atoms with Crippen molar-refractivity contribution in [2.24, 2.45) is 0 Å². The number of nitrogens with zero attached hydrogens (tertiary/aromatic N) is 1. The van der Waals surface area contributed by atoms with E-state index >= 15 is 0 Å². The van der Waals surface area contributed by atoms with Crippen molar-refractivity contribution >= 4 is 17.8 Å². The highest BCUT2D eigenvalue weighted by molar-refractivity contribution is 6.24. The van der Waals surface area contributed by atoms with Crippen LogP contribution in [0.3, 0.4) is 0 Å². The van der Waals surface area contributed by atoms with E-state index in [-0.39, 0.29) is 24.3 Å². The molecule has 0 radical (unpaired) electrons. The minimum absolute atomic E-state index is 0.00414. The van der Waals surface area contributed by atoms with Crippen LogP contribution in [0.2, 0.25) is 0 Å². The SMILES string of the molecule is CCOC(=O)C(=CN(C)C)C(=O)c1cc(C#CCNC(=O)OC(C)(C)C)ccc1F. The van der Waals surface area contributed by atoms with Gasteiger partial charge in [0.1, 0.15) is 17.0 Å². The fourth-order valence-electron chi connectivity index (χ4n) is 2.17. The number of ether oxygens (including phenoxy) is 2. The van der Waals surface area contributed by atoms with Crippen LogP contribution < -0.4 is 5.32 Å². The number of benzene rings is 1. The molecule has 0 bridgehead atoms. The molecule has 1 amide bonds. The second kappa shape index (κ2) is 11.0. The van der Waals surface area contributed by atoms with Crippen LogP contribution in [-0.2, 0) is 14.3 Å². The third-order valence-electron chi connectivity index (χ3n) is 3.29. The molecule has 0 fully saturated rings. The Labute approximate surface area is 176 Å². The fourth-order valence-corrected chi connectivity index (χ4v) is 2.17. The van der Waals surface area contributed by atoms with Gasteiger partial charge in [0.05, 0.1) is 18.7 Å². The van der Waals surface area contributed by atoms with Gasteiger partial charge in [0.2, 0.25) is 5.78 Å². The zero-order valence-corrected chi connectivity index (χ0v) is 18.1. The van der Waals surface area contributed by atoms with Crippen molar-refractivity contribution in [3.05, 3.63) is 46.9 Å². The molecule has 1 aromatic rings. The van der Waals surface area contributed by atoms with Crippen LogP contribution in [-0.4, -0.2) is 55.6 Å². The zero-order chi connectivity index (χ0) is 22.9. The smallest absolute Gasteiger partial charge is 0.408 e. The number of carbonyl (C=O) groups is 3. The highest BCUT2D eigenvalue weighted by Gasteiger charge is 2.24. The van der Waals surface area contributed by atoms with Crippen LogP contribution >= 0.6 is 0 Å². The first-order valence-electron chi connectivity index (χ1n) is 9.30. The van der Waals surface area contributed by atoms with Crippen molar-refractivity contribution in [2.75, 3.05) is 27.2 Å². The lowest BCUT2D eigenvalue weighted by Gasteiger charge is -2.19. The summed E-state index contributed by atoms with van der Waals surface area (Å²) in [4.78, 5) is 38.0. The van der Waals surface area contributed by atoms with Crippen LogP contribution in [0.4, 0.5) is 9.18 Å². The third-order valence-corrected chi connectivity index (χ3v) is 3.29. The lowest BCUT2D eigenvalue weighted by Crippen LogP contribution is -2.32.